The van der Waals surface area contributed by atoms with Crippen LogP contribution >= 0.6 is 11.3 Å². The molecule has 3 heterocycles. The molecule has 14 rings (SSSR count). The number of aromatic nitrogens is 1. The molecule has 0 atom stereocenters. The summed E-state index contributed by atoms with van der Waals surface area (Å²) in [5, 5.41) is 10.2. The lowest BCUT2D eigenvalue weighted by atomic mass is 9.86. The van der Waals surface area contributed by atoms with Crippen LogP contribution in [0, 0.1) is 6.92 Å². The Morgan fingerprint density at radius 1 is 0.338 bits per heavy atom. The molecule has 77 heavy (non-hydrogen) atoms. The molecular weight excluding hydrogens is 951 g/mol. The molecule has 0 aliphatic rings. The van der Waals surface area contributed by atoms with Gasteiger partial charge in [0.1, 0.15) is 0 Å². The van der Waals surface area contributed by atoms with Gasteiger partial charge in [0, 0.05) is 75.5 Å². The number of hydrogen-bond donors (Lipinski definition) is 0. The number of rotatable bonds is 8. The zero-order valence-corrected chi connectivity index (χ0v) is 45.5. The van der Waals surface area contributed by atoms with Gasteiger partial charge in [-0.1, -0.05) is 187 Å². The standard InChI is InChI=1S/C73H59N3S/c1-46-18-14-26-53(40-46)74(54-27-15-23-49(41-54)47-19-10-8-11-20-47)57-31-32-62-67(45-57)77-66-39-36-59-58(68(62)66)33-34-60-61-35-38-65(69-63-44-52(73(5,6)7)30-37-64(63)76(70(59)60)71(61)69)75(56-29-17-25-51(43-56)72(2,3)4)55-28-16-24-50(42-55)48-21-12-9-13-22-48/h8-45H,1-7H3. The van der Waals surface area contributed by atoms with E-state index in [1.54, 1.807) is 0 Å². The maximum atomic E-state index is 2.61. The molecule has 11 aromatic carbocycles. The number of aryl methyl sites for hydroxylation is 1. The smallest absolute Gasteiger partial charge is 0.0641 e. The summed E-state index contributed by atoms with van der Waals surface area (Å²) in [5.41, 5.74) is 19.1. The van der Waals surface area contributed by atoms with E-state index in [9.17, 15) is 0 Å². The van der Waals surface area contributed by atoms with Gasteiger partial charge in [-0.2, -0.15) is 0 Å². The summed E-state index contributed by atoms with van der Waals surface area (Å²) in [5.74, 6) is 0. The minimum atomic E-state index is -0.0470. The third kappa shape index (κ3) is 7.76. The van der Waals surface area contributed by atoms with Crippen molar-refractivity contribution in [2.75, 3.05) is 9.80 Å². The van der Waals surface area contributed by atoms with Gasteiger partial charge in [-0.15, -0.1) is 11.3 Å². The Morgan fingerprint density at radius 2 is 0.857 bits per heavy atom. The van der Waals surface area contributed by atoms with Gasteiger partial charge in [-0.05, 0) is 147 Å². The van der Waals surface area contributed by atoms with Gasteiger partial charge in [-0.25, -0.2) is 0 Å². The summed E-state index contributed by atoms with van der Waals surface area (Å²) >= 11 is 1.89. The van der Waals surface area contributed by atoms with Crippen molar-refractivity contribution in [3.63, 3.8) is 0 Å². The van der Waals surface area contributed by atoms with Crippen molar-refractivity contribution >= 4 is 115 Å². The Morgan fingerprint density at radius 3 is 1.53 bits per heavy atom. The zero-order valence-electron chi connectivity index (χ0n) is 44.7. The monoisotopic (exact) mass is 1010 g/mol. The lowest BCUT2D eigenvalue weighted by molar-refractivity contribution is 0.590. The van der Waals surface area contributed by atoms with Gasteiger partial charge in [0.25, 0.3) is 0 Å². The topological polar surface area (TPSA) is 10.9 Å². The fraction of sp³-hybridized carbons (Fsp3) is 0.123. The van der Waals surface area contributed by atoms with Crippen LogP contribution in [0.1, 0.15) is 58.2 Å². The first-order valence-electron chi connectivity index (χ1n) is 27.0. The van der Waals surface area contributed by atoms with E-state index < -0.39 is 0 Å². The highest BCUT2D eigenvalue weighted by Crippen LogP contribution is 2.51. The lowest BCUT2D eigenvalue weighted by Crippen LogP contribution is -2.14. The molecule has 3 aromatic heterocycles. The number of benzene rings is 11. The van der Waals surface area contributed by atoms with Crippen LogP contribution in [0.4, 0.5) is 34.1 Å². The zero-order chi connectivity index (χ0) is 52.3. The third-order valence-corrected chi connectivity index (χ3v) is 17.1. The van der Waals surface area contributed by atoms with Crippen molar-refractivity contribution in [1.29, 1.82) is 0 Å². The van der Waals surface area contributed by atoms with Crippen LogP contribution in [0.15, 0.2) is 231 Å². The predicted molar refractivity (Wildman–Crippen MR) is 334 cm³/mol. The van der Waals surface area contributed by atoms with E-state index in [4.69, 9.17) is 0 Å². The van der Waals surface area contributed by atoms with E-state index >= 15 is 0 Å². The van der Waals surface area contributed by atoms with Crippen LogP contribution in [-0.4, -0.2) is 4.40 Å². The molecule has 4 heteroatoms. The van der Waals surface area contributed by atoms with Gasteiger partial charge >= 0.3 is 0 Å². The molecule has 0 spiro atoms. The second-order valence-electron chi connectivity index (χ2n) is 23.1. The normalized spacial score (nSPS) is 12.4. The predicted octanol–water partition coefficient (Wildman–Crippen LogP) is 21.5. The molecule has 0 fully saturated rings. The van der Waals surface area contributed by atoms with Crippen molar-refractivity contribution in [1.82, 2.24) is 4.40 Å². The maximum absolute atomic E-state index is 2.61. The molecule has 372 valence electrons. The Labute approximate surface area is 454 Å². The molecule has 3 nitrogen and oxygen atoms in total. The van der Waals surface area contributed by atoms with E-state index in [0.717, 1.165) is 28.4 Å². The Kier molecular flexibility index (Phi) is 10.8. The molecular formula is C73H59N3S. The molecule has 0 aliphatic carbocycles. The summed E-state index contributed by atoms with van der Waals surface area (Å²) in [6.45, 7) is 16.1. The highest BCUT2D eigenvalue weighted by molar-refractivity contribution is 7.26. The number of nitrogens with zero attached hydrogens (tertiary/aromatic N) is 3. The van der Waals surface area contributed by atoms with E-state index in [-0.39, 0.29) is 10.8 Å². The fourth-order valence-electron chi connectivity index (χ4n) is 12.1. The van der Waals surface area contributed by atoms with E-state index in [1.165, 1.54) is 114 Å². The van der Waals surface area contributed by atoms with Crippen molar-refractivity contribution in [3.05, 3.63) is 247 Å². The summed E-state index contributed by atoms with van der Waals surface area (Å²) in [7, 11) is 0. The molecule has 0 N–H and O–H groups in total. The van der Waals surface area contributed by atoms with Gasteiger partial charge in [-0.3, -0.25) is 0 Å². The molecule has 0 saturated carbocycles. The summed E-state index contributed by atoms with van der Waals surface area (Å²) in [4.78, 5) is 4.93. The van der Waals surface area contributed by atoms with Crippen LogP contribution < -0.4 is 9.80 Å². The average Bonchev–Trinajstić information content (AvgIpc) is 4.33. The van der Waals surface area contributed by atoms with Crippen LogP contribution in [-0.2, 0) is 10.8 Å². The quantitative estimate of drug-likeness (QED) is 0.150. The van der Waals surface area contributed by atoms with Gasteiger partial charge in [0.15, 0.2) is 0 Å². The van der Waals surface area contributed by atoms with Crippen LogP contribution in [0.2, 0.25) is 0 Å². The van der Waals surface area contributed by atoms with Crippen molar-refractivity contribution in [2.24, 2.45) is 0 Å². The Bertz CT molecular complexity index is 4600. The van der Waals surface area contributed by atoms with E-state index in [0.29, 0.717) is 0 Å². The van der Waals surface area contributed by atoms with Crippen molar-refractivity contribution in [3.8, 4) is 22.3 Å². The Hall–Kier alpha value is -8.70. The second kappa shape index (κ2) is 17.7. The maximum Gasteiger partial charge on any atom is 0.0641 e. The highest BCUT2D eigenvalue weighted by atomic mass is 32.1. The molecule has 0 unspecified atom stereocenters. The largest absolute Gasteiger partial charge is 0.310 e. The molecule has 14 aromatic rings. The molecule has 0 radical (unpaired) electrons. The molecule has 0 aliphatic heterocycles. The third-order valence-electron chi connectivity index (χ3n) is 16.0. The summed E-state index contributed by atoms with van der Waals surface area (Å²) in [6.07, 6.45) is 0. The molecule has 0 bridgehead atoms. The fourth-order valence-corrected chi connectivity index (χ4v) is 13.3. The first kappa shape index (κ1) is 46.8. The van der Waals surface area contributed by atoms with Crippen LogP contribution in [0.25, 0.3) is 91.3 Å². The SMILES string of the molecule is Cc1cccc(N(c2cccc(-c3ccccc3)c2)c2ccc3c(c2)sc2ccc4c(ccc5c6ccc(N(c7cccc(-c8ccccc8)c7)c7cccc(C(C)(C)C)c7)c7c8cc(C(C)(C)C)ccc8n(c45)c67)c23)c1. The summed E-state index contributed by atoms with van der Waals surface area (Å²) < 4.78 is 5.17. The van der Waals surface area contributed by atoms with E-state index in [2.05, 4.69) is 293 Å². The lowest BCUT2D eigenvalue weighted by Gasteiger charge is -2.29. The number of hydrogen-bond acceptors (Lipinski definition) is 3. The van der Waals surface area contributed by atoms with Crippen LogP contribution in [0.5, 0.6) is 0 Å². The first-order valence-corrected chi connectivity index (χ1v) is 27.8. The number of thiophene rings is 1. The van der Waals surface area contributed by atoms with Crippen molar-refractivity contribution in [2.45, 2.75) is 59.3 Å². The minimum absolute atomic E-state index is 0.0332. The van der Waals surface area contributed by atoms with Gasteiger partial charge in [0.2, 0.25) is 0 Å². The average molecular weight is 1010 g/mol. The van der Waals surface area contributed by atoms with E-state index in [1.807, 2.05) is 11.3 Å². The highest BCUT2D eigenvalue weighted by Gasteiger charge is 2.28. The minimum Gasteiger partial charge on any atom is -0.310 e. The number of fused-ring (bicyclic) bond motifs is 12. The second-order valence-corrected chi connectivity index (χ2v) is 24.2. The number of anilines is 6. The van der Waals surface area contributed by atoms with Gasteiger partial charge in [0.05, 0.1) is 22.2 Å². The molecule has 0 amide bonds. The first-order chi connectivity index (χ1) is 37.4. The van der Waals surface area contributed by atoms with Crippen molar-refractivity contribution < 1.29 is 0 Å². The van der Waals surface area contributed by atoms with Gasteiger partial charge < -0.3 is 14.2 Å². The summed E-state index contributed by atoms with van der Waals surface area (Å²) in [6, 6.07) is 86.2. The molecule has 0 saturated heterocycles. The Balaban J connectivity index is 1.00. The van der Waals surface area contributed by atoms with Crippen LogP contribution in [0.3, 0.4) is 0 Å².